The molecule has 0 radical (unpaired) electrons. The summed E-state index contributed by atoms with van der Waals surface area (Å²) in [5, 5.41) is 0.483. The largest absolute Gasteiger partial charge is 0.494 e. The zero-order chi connectivity index (χ0) is 14.5. The zero-order valence-corrected chi connectivity index (χ0v) is 12.4. The van der Waals surface area contributed by atoms with Crippen LogP contribution in [0.4, 0.5) is 8.78 Å². The van der Waals surface area contributed by atoms with Gasteiger partial charge in [0.25, 0.3) is 0 Å². The summed E-state index contributed by atoms with van der Waals surface area (Å²) in [5.74, 6) is -0.555. The molecule has 2 aromatic carbocycles. The predicted octanol–water partition coefficient (Wildman–Crippen LogP) is 4.45. The van der Waals surface area contributed by atoms with Crippen molar-refractivity contribution in [2.24, 2.45) is 0 Å². The Morgan fingerprint density at radius 3 is 2.55 bits per heavy atom. The van der Waals surface area contributed by atoms with Crippen LogP contribution in [0.1, 0.15) is 11.1 Å². The second-order valence-corrected chi connectivity index (χ2v) is 4.68. The van der Waals surface area contributed by atoms with E-state index in [0.29, 0.717) is 16.5 Å². The van der Waals surface area contributed by atoms with Crippen molar-refractivity contribution in [3.05, 3.63) is 59.2 Å². The average molecular weight is 343 g/mol. The lowest BCUT2D eigenvalue weighted by Gasteiger charge is -2.11. The second-order valence-electron chi connectivity index (χ2n) is 4.12. The molecule has 20 heavy (non-hydrogen) atoms. The Hall–Kier alpha value is -1.62. The van der Waals surface area contributed by atoms with Gasteiger partial charge < -0.3 is 9.47 Å². The SMILES string of the molecule is COc1ccc(COc2c(F)cccc2CBr)cc1F. The molecule has 2 nitrogen and oxygen atoms in total. The van der Waals surface area contributed by atoms with Crippen LogP contribution in [0.2, 0.25) is 0 Å². The number of benzene rings is 2. The molecule has 0 saturated carbocycles. The highest BCUT2D eigenvalue weighted by Crippen LogP contribution is 2.26. The summed E-state index contributed by atoms with van der Waals surface area (Å²) in [7, 11) is 1.40. The lowest BCUT2D eigenvalue weighted by molar-refractivity contribution is 0.287. The van der Waals surface area contributed by atoms with Crippen molar-refractivity contribution < 1.29 is 18.3 Å². The van der Waals surface area contributed by atoms with Crippen LogP contribution in [0.3, 0.4) is 0 Å². The van der Waals surface area contributed by atoms with Crippen LogP contribution in [0.5, 0.6) is 11.5 Å². The van der Waals surface area contributed by atoms with E-state index < -0.39 is 11.6 Å². The van der Waals surface area contributed by atoms with Crippen LogP contribution in [0.25, 0.3) is 0 Å². The third-order valence-corrected chi connectivity index (χ3v) is 3.40. The van der Waals surface area contributed by atoms with E-state index in [1.54, 1.807) is 18.2 Å². The maximum absolute atomic E-state index is 13.7. The van der Waals surface area contributed by atoms with Crippen molar-refractivity contribution in [2.75, 3.05) is 7.11 Å². The molecule has 106 valence electrons. The van der Waals surface area contributed by atoms with Gasteiger partial charge in [-0.1, -0.05) is 34.1 Å². The number of para-hydroxylation sites is 1. The van der Waals surface area contributed by atoms with E-state index in [4.69, 9.17) is 9.47 Å². The Morgan fingerprint density at radius 2 is 1.90 bits per heavy atom. The smallest absolute Gasteiger partial charge is 0.165 e. The van der Waals surface area contributed by atoms with Gasteiger partial charge in [0, 0.05) is 10.9 Å². The van der Waals surface area contributed by atoms with E-state index in [1.807, 2.05) is 0 Å². The molecular formula is C15H13BrF2O2. The molecule has 2 rings (SSSR count). The molecule has 2 aromatic rings. The van der Waals surface area contributed by atoms with Crippen LogP contribution in [0.15, 0.2) is 36.4 Å². The van der Waals surface area contributed by atoms with Gasteiger partial charge in [0.15, 0.2) is 23.1 Å². The quantitative estimate of drug-likeness (QED) is 0.747. The fourth-order valence-electron chi connectivity index (χ4n) is 1.78. The minimum Gasteiger partial charge on any atom is -0.494 e. The summed E-state index contributed by atoms with van der Waals surface area (Å²) in [6.07, 6.45) is 0. The van der Waals surface area contributed by atoms with E-state index in [-0.39, 0.29) is 18.1 Å². The van der Waals surface area contributed by atoms with Crippen LogP contribution in [0, 0.1) is 11.6 Å². The number of alkyl halides is 1. The number of methoxy groups -OCH3 is 1. The van der Waals surface area contributed by atoms with E-state index in [2.05, 4.69) is 15.9 Å². The molecule has 5 heteroatoms. The maximum Gasteiger partial charge on any atom is 0.165 e. The highest BCUT2D eigenvalue weighted by atomic mass is 79.9. The van der Waals surface area contributed by atoms with Gasteiger partial charge in [0.05, 0.1) is 7.11 Å². The van der Waals surface area contributed by atoms with Crippen LogP contribution in [-0.4, -0.2) is 7.11 Å². The molecule has 0 aliphatic carbocycles. The van der Waals surface area contributed by atoms with Gasteiger partial charge in [0.1, 0.15) is 6.61 Å². The minimum absolute atomic E-state index is 0.0852. The van der Waals surface area contributed by atoms with Gasteiger partial charge in [-0.05, 0) is 23.8 Å². The van der Waals surface area contributed by atoms with Crippen LogP contribution < -0.4 is 9.47 Å². The molecule has 0 saturated heterocycles. The Bertz CT molecular complexity index is 602. The van der Waals surface area contributed by atoms with Crippen molar-refractivity contribution in [3.8, 4) is 11.5 Å². The average Bonchev–Trinajstić information content (AvgIpc) is 2.46. The standard InChI is InChI=1S/C15H13BrF2O2/c1-19-14-6-5-10(7-13(14)18)9-20-15-11(8-16)3-2-4-12(15)17/h2-7H,8-9H2,1H3. The first kappa shape index (κ1) is 14.8. The van der Waals surface area contributed by atoms with E-state index in [1.165, 1.54) is 25.3 Å². The lowest BCUT2D eigenvalue weighted by atomic mass is 10.2. The number of hydrogen-bond acceptors (Lipinski definition) is 2. The first-order chi connectivity index (χ1) is 9.65. The number of hydrogen-bond donors (Lipinski definition) is 0. The highest BCUT2D eigenvalue weighted by molar-refractivity contribution is 9.08. The molecule has 0 heterocycles. The van der Waals surface area contributed by atoms with Crippen LogP contribution >= 0.6 is 15.9 Å². The molecule has 0 amide bonds. The Balaban J connectivity index is 2.15. The molecule has 0 bridgehead atoms. The summed E-state index contributed by atoms with van der Waals surface area (Å²) in [4.78, 5) is 0. The maximum atomic E-state index is 13.7. The molecule has 0 atom stereocenters. The first-order valence-electron chi connectivity index (χ1n) is 5.94. The third kappa shape index (κ3) is 3.28. The zero-order valence-electron chi connectivity index (χ0n) is 10.8. The molecule has 0 fully saturated rings. The van der Waals surface area contributed by atoms with Gasteiger partial charge in [-0.3, -0.25) is 0 Å². The highest BCUT2D eigenvalue weighted by Gasteiger charge is 2.10. The summed E-state index contributed by atoms with van der Waals surface area (Å²) in [6, 6.07) is 9.22. The fraction of sp³-hybridized carbons (Fsp3) is 0.200. The van der Waals surface area contributed by atoms with Gasteiger partial charge in [-0.15, -0.1) is 0 Å². The first-order valence-corrected chi connectivity index (χ1v) is 7.06. The normalized spacial score (nSPS) is 10.4. The van der Waals surface area contributed by atoms with Gasteiger partial charge in [0.2, 0.25) is 0 Å². The number of rotatable bonds is 5. The van der Waals surface area contributed by atoms with Gasteiger partial charge >= 0.3 is 0 Å². The minimum atomic E-state index is -0.470. The number of halogens is 3. The molecule has 0 aliphatic rings. The topological polar surface area (TPSA) is 18.5 Å². The molecule has 0 spiro atoms. The van der Waals surface area contributed by atoms with Gasteiger partial charge in [-0.2, -0.15) is 0 Å². The van der Waals surface area contributed by atoms with E-state index >= 15 is 0 Å². The van der Waals surface area contributed by atoms with Crippen molar-refractivity contribution in [2.45, 2.75) is 11.9 Å². The Kier molecular flexibility index (Phi) is 4.95. The second kappa shape index (κ2) is 6.70. The van der Waals surface area contributed by atoms with Crippen LogP contribution in [-0.2, 0) is 11.9 Å². The van der Waals surface area contributed by atoms with Gasteiger partial charge in [-0.25, -0.2) is 8.78 Å². The molecule has 0 unspecified atom stereocenters. The summed E-state index contributed by atoms with van der Waals surface area (Å²) in [6.45, 7) is 0.0852. The fourth-order valence-corrected chi connectivity index (χ4v) is 2.22. The third-order valence-electron chi connectivity index (χ3n) is 2.79. The summed E-state index contributed by atoms with van der Waals surface area (Å²) in [5.41, 5.74) is 1.31. The number of ether oxygens (including phenoxy) is 2. The van der Waals surface area contributed by atoms with Crippen molar-refractivity contribution in [1.82, 2.24) is 0 Å². The Morgan fingerprint density at radius 1 is 1.10 bits per heavy atom. The van der Waals surface area contributed by atoms with Crippen molar-refractivity contribution in [1.29, 1.82) is 0 Å². The van der Waals surface area contributed by atoms with Crippen molar-refractivity contribution >= 4 is 15.9 Å². The lowest BCUT2D eigenvalue weighted by Crippen LogP contribution is -2.01. The predicted molar refractivity (Wildman–Crippen MR) is 76.3 cm³/mol. The molecule has 0 N–H and O–H groups in total. The molecular weight excluding hydrogens is 330 g/mol. The van der Waals surface area contributed by atoms with E-state index in [9.17, 15) is 8.78 Å². The molecule has 0 aliphatic heterocycles. The Labute approximate surface area is 124 Å². The van der Waals surface area contributed by atoms with E-state index in [0.717, 1.165) is 0 Å². The summed E-state index contributed by atoms with van der Waals surface area (Å²) < 4.78 is 37.5. The summed E-state index contributed by atoms with van der Waals surface area (Å²) >= 11 is 3.28. The monoisotopic (exact) mass is 342 g/mol. The molecule has 0 aromatic heterocycles. The van der Waals surface area contributed by atoms with Crippen molar-refractivity contribution in [3.63, 3.8) is 0 Å².